The maximum Gasteiger partial charge on any atom is 0.250 e. The molecule has 0 unspecified atom stereocenters. The topological polar surface area (TPSA) is 54.9 Å². The number of hydrogen-bond donors (Lipinski definition) is 1. The molecule has 0 atom stereocenters. The molecule has 0 aliphatic heterocycles. The van der Waals surface area contributed by atoms with Crippen LogP contribution in [0.4, 0.5) is 5.95 Å². The first kappa shape index (κ1) is 11.8. The third-order valence-corrected chi connectivity index (χ3v) is 2.85. The zero-order valence-electron chi connectivity index (χ0n) is 8.63. The Morgan fingerprint density at radius 2 is 2.35 bits per heavy atom. The van der Waals surface area contributed by atoms with E-state index in [4.69, 9.17) is 11.6 Å². The van der Waals surface area contributed by atoms with Gasteiger partial charge < -0.3 is 0 Å². The Morgan fingerprint density at radius 1 is 1.47 bits per heavy atom. The number of hydrogen-bond acceptors (Lipinski definition) is 4. The second kappa shape index (κ2) is 5.56. The van der Waals surface area contributed by atoms with E-state index in [1.54, 1.807) is 23.5 Å². The minimum Gasteiger partial charge on any atom is -0.291 e. The fourth-order valence-electron chi connectivity index (χ4n) is 1.09. The van der Waals surface area contributed by atoms with E-state index in [1.165, 1.54) is 12.3 Å². The maximum absolute atomic E-state index is 11.5. The molecule has 0 aliphatic rings. The molecule has 2 heterocycles. The number of thiophene rings is 1. The summed E-state index contributed by atoms with van der Waals surface area (Å²) >= 11 is 7.22. The number of halogens is 1. The second-order valence-corrected chi connectivity index (χ2v) is 4.41. The standard InChI is InChI=1S/C11H8ClN3OS/c12-9-5-6-13-11(14-9)15-10(16)4-3-8-2-1-7-17-8/h1-7H,(H,13,14,15,16)/b4-3+. The van der Waals surface area contributed by atoms with Crippen LogP contribution >= 0.6 is 22.9 Å². The van der Waals surface area contributed by atoms with Crippen LogP contribution in [0.5, 0.6) is 0 Å². The van der Waals surface area contributed by atoms with Gasteiger partial charge in [-0.25, -0.2) is 9.97 Å². The molecular weight excluding hydrogens is 258 g/mol. The lowest BCUT2D eigenvalue weighted by Gasteiger charge is -1.99. The van der Waals surface area contributed by atoms with Gasteiger partial charge in [0.25, 0.3) is 5.91 Å². The summed E-state index contributed by atoms with van der Waals surface area (Å²) in [5, 5.41) is 4.75. The van der Waals surface area contributed by atoms with Crippen molar-refractivity contribution in [3.63, 3.8) is 0 Å². The van der Waals surface area contributed by atoms with Gasteiger partial charge in [0.2, 0.25) is 5.95 Å². The molecule has 4 nitrogen and oxygen atoms in total. The smallest absolute Gasteiger partial charge is 0.250 e. The summed E-state index contributed by atoms with van der Waals surface area (Å²) in [4.78, 5) is 20.2. The Hall–Kier alpha value is -1.72. The molecule has 0 aromatic carbocycles. The van der Waals surface area contributed by atoms with Gasteiger partial charge in [0.15, 0.2) is 0 Å². The van der Waals surface area contributed by atoms with E-state index in [0.29, 0.717) is 0 Å². The second-order valence-electron chi connectivity index (χ2n) is 3.04. The lowest BCUT2D eigenvalue weighted by Crippen LogP contribution is -2.10. The van der Waals surface area contributed by atoms with Crippen molar-refractivity contribution < 1.29 is 4.79 Å². The fourth-order valence-corrected chi connectivity index (χ4v) is 1.85. The summed E-state index contributed by atoms with van der Waals surface area (Å²) < 4.78 is 0. The molecule has 6 heteroatoms. The number of amides is 1. The SMILES string of the molecule is O=C(/C=C/c1cccs1)Nc1nccc(Cl)n1. The molecule has 0 saturated carbocycles. The third kappa shape index (κ3) is 3.65. The Kier molecular flexibility index (Phi) is 3.85. The van der Waals surface area contributed by atoms with Gasteiger partial charge in [0, 0.05) is 17.2 Å². The molecule has 2 aromatic heterocycles. The van der Waals surface area contributed by atoms with Crippen molar-refractivity contribution in [3.05, 3.63) is 45.9 Å². The van der Waals surface area contributed by atoms with Gasteiger partial charge in [0.05, 0.1) is 0 Å². The molecule has 0 aliphatic carbocycles. The van der Waals surface area contributed by atoms with Crippen LogP contribution in [0.2, 0.25) is 5.15 Å². The largest absolute Gasteiger partial charge is 0.291 e. The van der Waals surface area contributed by atoms with Crippen LogP contribution in [-0.4, -0.2) is 15.9 Å². The van der Waals surface area contributed by atoms with Crippen molar-refractivity contribution in [3.8, 4) is 0 Å². The lowest BCUT2D eigenvalue weighted by atomic mass is 10.4. The van der Waals surface area contributed by atoms with Crippen LogP contribution in [0, 0.1) is 0 Å². The quantitative estimate of drug-likeness (QED) is 0.686. The molecule has 0 spiro atoms. The molecule has 0 radical (unpaired) electrons. The number of nitrogens with one attached hydrogen (secondary N) is 1. The van der Waals surface area contributed by atoms with Crippen molar-refractivity contribution in [2.75, 3.05) is 5.32 Å². The zero-order valence-corrected chi connectivity index (χ0v) is 10.2. The van der Waals surface area contributed by atoms with E-state index in [1.807, 2.05) is 17.5 Å². The molecule has 1 amide bonds. The Morgan fingerprint density at radius 3 is 3.06 bits per heavy atom. The summed E-state index contributed by atoms with van der Waals surface area (Å²) in [6.07, 6.45) is 4.63. The predicted molar refractivity (Wildman–Crippen MR) is 69.0 cm³/mol. The minimum absolute atomic E-state index is 0.193. The summed E-state index contributed by atoms with van der Waals surface area (Å²) in [6, 6.07) is 5.38. The molecule has 0 saturated heterocycles. The van der Waals surface area contributed by atoms with Crippen molar-refractivity contribution in [1.82, 2.24) is 9.97 Å². The molecule has 17 heavy (non-hydrogen) atoms. The van der Waals surface area contributed by atoms with Gasteiger partial charge >= 0.3 is 0 Å². The number of rotatable bonds is 3. The van der Waals surface area contributed by atoms with Gasteiger partial charge in [0.1, 0.15) is 5.15 Å². The van der Waals surface area contributed by atoms with E-state index >= 15 is 0 Å². The van der Waals surface area contributed by atoms with Crippen LogP contribution in [0.15, 0.2) is 35.9 Å². The van der Waals surface area contributed by atoms with Crippen LogP contribution < -0.4 is 5.32 Å². The normalized spacial score (nSPS) is 10.6. The number of nitrogens with zero attached hydrogens (tertiary/aromatic N) is 2. The predicted octanol–water partition coefficient (Wildman–Crippen LogP) is 2.84. The van der Waals surface area contributed by atoms with Gasteiger partial charge in [-0.05, 0) is 23.6 Å². The van der Waals surface area contributed by atoms with Crippen LogP contribution in [-0.2, 0) is 4.79 Å². The fraction of sp³-hybridized carbons (Fsp3) is 0. The van der Waals surface area contributed by atoms with E-state index in [2.05, 4.69) is 15.3 Å². The van der Waals surface area contributed by atoms with Crippen molar-refractivity contribution in [1.29, 1.82) is 0 Å². The summed E-state index contributed by atoms with van der Waals surface area (Å²) in [7, 11) is 0. The van der Waals surface area contributed by atoms with Crippen LogP contribution in [0.25, 0.3) is 6.08 Å². The lowest BCUT2D eigenvalue weighted by molar-refractivity contribution is -0.111. The average Bonchev–Trinajstić information content (AvgIpc) is 2.79. The van der Waals surface area contributed by atoms with Gasteiger partial charge in [-0.1, -0.05) is 17.7 Å². The first-order chi connectivity index (χ1) is 8.24. The highest BCUT2D eigenvalue weighted by molar-refractivity contribution is 7.10. The van der Waals surface area contributed by atoms with Gasteiger partial charge in [-0.15, -0.1) is 11.3 Å². The summed E-state index contributed by atoms with van der Waals surface area (Å²) in [6.45, 7) is 0. The molecule has 0 bridgehead atoms. The van der Waals surface area contributed by atoms with Crippen molar-refractivity contribution >= 4 is 40.9 Å². The molecule has 86 valence electrons. The van der Waals surface area contributed by atoms with Gasteiger partial charge in [-0.2, -0.15) is 0 Å². The van der Waals surface area contributed by atoms with Crippen LogP contribution in [0.1, 0.15) is 4.88 Å². The number of carbonyl (C=O) groups excluding carboxylic acids is 1. The van der Waals surface area contributed by atoms with E-state index in [-0.39, 0.29) is 17.0 Å². The first-order valence-corrected chi connectivity index (χ1v) is 6.01. The molecule has 0 fully saturated rings. The monoisotopic (exact) mass is 265 g/mol. The average molecular weight is 266 g/mol. The molecule has 2 aromatic rings. The zero-order chi connectivity index (χ0) is 12.1. The highest BCUT2D eigenvalue weighted by Crippen LogP contribution is 2.10. The molecule has 1 N–H and O–H groups in total. The third-order valence-electron chi connectivity index (χ3n) is 1.80. The maximum atomic E-state index is 11.5. The molecule has 2 rings (SSSR count). The Balaban J connectivity index is 1.98. The highest BCUT2D eigenvalue weighted by Gasteiger charge is 2.00. The van der Waals surface area contributed by atoms with Crippen LogP contribution in [0.3, 0.4) is 0 Å². The number of anilines is 1. The first-order valence-electron chi connectivity index (χ1n) is 4.75. The highest BCUT2D eigenvalue weighted by atomic mass is 35.5. The Labute approximate surface area is 107 Å². The Bertz CT molecular complexity index is 539. The van der Waals surface area contributed by atoms with Crippen molar-refractivity contribution in [2.45, 2.75) is 0 Å². The number of carbonyl (C=O) groups is 1. The number of aromatic nitrogens is 2. The summed E-state index contributed by atoms with van der Waals surface area (Å²) in [5.74, 6) is -0.0982. The van der Waals surface area contributed by atoms with E-state index < -0.39 is 0 Å². The van der Waals surface area contributed by atoms with E-state index in [0.717, 1.165) is 4.88 Å². The molecular formula is C11H8ClN3OS. The van der Waals surface area contributed by atoms with E-state index in [9.17, 15) is 4.79 Å². The summed E-state index contributed by atoms with van der Waals surface area (Å²) in [5.41, 5.74) is 0. The van der Waals surface area contributed by atoms with Crippen molar-refractivity contribution in [2.24, 2.45) is 0 Å². The minimum atomic E-state index is -0.291. The van der Waals surface area contributed by atoms with Gasteiger partial charge in [-0.3, -0.25) is 10.1 Å².